The van der Waals surface area contributed by atoms with E-state index in [0.717, 1.165) is 41.3 Å². The van der Waals surface area contributed by atoms with Gasteiger partial charge >= 0.3 is 6.03 Å². The first-order valence-electron chi connectivity index (χ1n) is 10.8. The predicted molar refractivity (Wildman–Crippen MR) is 124 cm³/mol. The fourth-order valence-corrected chi connectivity index (χ4v) is 3.50. The van der Waals surface area contributed by atoms with Gasteiger partial charge in [-0.15, -0.1) is 0 Å². The van der Waals surface area contributed by atoms with Crippen molar-refractivity contribution in [2.75, 3.05) is 13.1 Å². The Kier molecular flexibility index (Phi) is 8.48. The third-order valence-corrected chi connectivity index (χ3v) is 5.20. The third-order valence-electron chi connectivity index (χ3n) is 5.20. The number of para-hydroxylation sites is 1. The quantitative estimate of drug-likeness (QED) is 0.307. The summed E-state index contributed by atoms with van der Waals surface area (Å²) in [5.41, 5.74) is 8.51. The summed E-state index contributed by atoms with van der Waals surface area (Å²) >= 11 is 0. The molecule has 0 unspecified atom stereocenters. The van der Waals surface area contributed by atoms with Gasteiger partial charge < -0.3 is 26.7 Å². The van der Waals surface area contributed by atoms with E-state index in [-0.39, 0.29) is 11.9 Å². The topological polar surface area (TPSA) is 112 Å². The molecule has 2 aromatic carbocycles. The minimum Gasteiger partial charge on any atom is -0.361 e. The molecule has 6 N–H and O–H groups in total. The van der Waals surface area contributed by atoms with Crippen molar-refractivity contribution in [1.82, 2.24) is 20.9 Å². The van der Waals surface area contributed by atoms with Crippen molar-refractivity contribution in [3.05, 3.63) is 71.9 Å². The number of fused-ring (bicyclic) bond motifs is 1. The predicted octanol–water partition coefficient (Wildman–Crippen LogP) is 2.82. The maximum Gasteiger partial charge on any atom is 0.315 e. The molecule has 0 bridgehead atoms. The highest BCUT2D eigenvalue weighted by Crippen LogP contribution is 2.19. The minimum atomic E-state index is -0.676. The highest BCUT2D eigenvalue weighted by molar-refractivity contribution is 5.89. The largest absolute Gasteiger partial charge is 0.361 e. The van der Waals surface area contributed by atoms with Crippen molar-refractivity contribution in [2.24, 2.45) is 5.73 Å². The van der Waals surface area contributed by atoms with E-state index in [2.05, 4.69) is 20.9 Å². The normalized spacial score (nSPS) is 11.8. The highest BCUT2D eigenvalue weighted by Gasteiger charge is 2.22. The van der Waals surface area contributed by atoms with Gasteiger partial charge in [0.1, 0.15) is 6.04 Å². The summed E-state index contributed by atoms with van der Waals surface area (Å²) in [6.45, 7) is 1.62. The molecule has 31 heavy (non-hydrogen) atoms. The fourth-order valence-electron chi connectivity index (χ4n) is 3.50. The van der Waals surface area contributed by atoms with E-state index in [0.29, 0.717) is 26.1 Å². The van der Waals surface area contributed by atoms with E-state index in [1.54, 1.807) is 0 Å². The number of hydrogen-bond acceptors (Lipinski definition) is 3. The maximum atomic E-state index is 12.9. The Hall–Kier alpha value is -3.32. The number of aromatic nitrogens is 1. The lowest BCUT2D eigenvalue weighted by molar-refractivity contribution is -0.122. The summed E-state index contributed by atoms with van der Waals surface area (Å²) in [4.78, 5) is 28.6. The van der Waals surface area contributed by atoms with Crippen LogP contribution >= 0.6 is 0 Å². The Balaban J connectivity index is 1.63. The van der Waals surface area contributed by atoms with Gasteiger partial charge in [-0.05, 0) is 36.6 Å². The van der Waals surface area contributed by atoms with Gasteiger partial charge in [-0.2, -0.15) is 0 Å². The van der Waals surface area contributed by atoms with Crippen LogP contribution < -0.4 is 21.7 Å². The molecule has 1 heterocycles. The standard InChI is InChI=1S/C24H31N5O2/c25-13-7-2-8-14-26-23(30)22(15-19-17-27-21-12-6-5-11-20(19)21)29-24(31)28-16-18-9-3-1-4-10-18/h1,3-6,9-12,17,22,27H,2,7-8,13-16,25H2,(H,26,30)(H2,28,29,31)/t22-/m0/s1. The summed E-state index contributed by atoms with van der Waals surface area (Å²) in [5.74, 6) is -0.187. The van der Waals surface area contributed by atoms with Crippen LogP contribution in [0.2, 0.25) is 0 Å². The minimum absolute atomic E-state index is 0.187. The van der Waals surface area contributed by atoms with Gasteiger partial charge in [0, 0.05) is 36.6 Å². The van der Waals surface area contributed by atoms with Crippen LogP contribution in [-0.2, 0) is 17.8 Å². The van der Waals surface area contributed by atoms with E-state index >= 15 is 0 Å². The third kappa shape index (κ3) is 6.86. The SMILES string of the molecule is NCCCCCNC(=O)[C@H](Cc1c[nH]c2ccccc12)NC(=O)NCc1ccccc1. The van der Waals surface area contributed by atoms with Gasteiger partial charge in [0.15, 0.2) is 0 Å². The van der Waals surface area contributed by atoms with Crippen LogP contribution in [-0.4, -0.2) is 36.1 Å². The van der Waals surface area contributed by atoms with Crippen LogP contribution in [0.4, 0.5) is 4.79 Å². The van der Waals surface area contributed by atoms with Crippen LogP contribution in [0, 0.1) is 0 Å². The number of nitrogens with one attached hydrogen (secondary N) is 4. The number of hydrogen-bond donors (Lipinski definition) is 5. The zero-order chi connectivity index (χ0) is 21.9. The molecule has 3 rings (SSSR count). The Morgan fingerprint density at radius 2 is 1.71 bits per heavy atom. The molecule has 0 radical (unpaired) electrons. The second-order valence-electron chi connectivity index (χ2n) is 7.57. The molecular formula is C24H31N5O2. The molecule has 0 aliphatic carbocycles. The summed E-state index contributed by atoms with van der Waals surface area (Å²) in [5, 5.41) is 9.68. The molecule has 7 nitrogen and oxygen atoms in total. The summed E-state index contributed by atoms with van der Waals surface area (Å²) < 4.78 is 0. The van der Waals surface area contributed by atoms with Crippen LogP contribution in [0.1, 0.15) is 30.4 Å². The summed E-state index contributed by atoms with van der Waals surface area (Å²) in [6.07, 6.45) is 5.07. The van der Waals surface area contributed by atoms with E-state index in [1.165, 1.54) is 0 Å². The smallest absolute Gasteiger partial charge is 0.315 e. The van der Waals surface area contributed by atoms with Gasteiger partial charge in [0.25, 0.3) is 0 Å². The van der Waals surface area contributed by atoms with E-state index in [9.17, 15) is 9.59 Å². The van der Waals surface area contributed by atoms with Crippen molar-refractivity contribution < 1.29 is 9.59 Å². The molecule has 0 fully saturated rings. The van der Waals surface area contributed by atoms with Gasteiger partial charge in [-0.3, -0.25) is 4.79 Å². The van der Waals surface area contributed by atoms with E-state index < -0.39 is 6.04 Å². The van der Waals surface area contributed by atoms with Crippen molar-refractivity contribution >= 4 is 22.8 Å². The van der Waals surface area contributed by atoms with Gasteiger partial charge in [0.05, 0.1) is 0 Å². The number of nitrogens with two attached hydrogens (primary N) is 1. The number of unbranched alkanes of at least 4 members (excludes halogenated alkanes) is 2. The number of rotatable bonds is 11. The number of benzene rings is 2. The number of amides is 3. The monoisotopic (exact) mass is 421 g/mol. The molecule has 0 saturated carbocycles. The second kappa shape index (κ2) is 11.8. The lowest BCUT2D eigenvalue weighted by atomic mass is 10.0. The number of aromatic amines is 1. The Bertz CT molecular complexity index is 970. The Labute approximate surface area is 182 Å². The average molecular weight is 422 g/mol. The van der Waals surface area contributed by atoms with Crippen LogP contribution in [0.25, 0.3) is 10.9 Å². The molecule has 7 heteroatoms. The number of H-pyrrole nitrogens is 1. The molecule has 0 aliphatic heterocycles. The first-order chi connectivity index (χ1) is 15.2. The van der Waals surface area contributed by atoms with E-state index in [4.69, 9.17) is 5.73 Å². The van der Waals surface area contributed by atoms with E-state index in [1.807, 2.05) is 60.8 Å². The van der Waals surface area contributed by atoms with Crippen molar-refractivity contribution in [3.8, 4) is 0 Å². The number of carbonyl (C=O) groups is 2. The molecular weight excluding hydrogens is 390 g/mol. The highest BCUT2D eigenvalue weighted by atomic mass is 16.2. The second-order valence-corrected chi connectivity index (χ2v) is 7.57. The van der Waals surface area contributed by atoms with Gasteiger partial charge in [-0.1, -0.05) is 55.0 Å². The lowest BCUT2D eigenvalue weighted by Gasteiger charge is -2.19. The molecule has 0 spiro atoms. The number of urea groups is 1. The van der Waals surface area contributed by atoms with Crippen molar-refractivity contribution in [3.63, 3.8) is 0 Å². The first kappa shape index (κ1) is 22.4. The van der Waals surface area contributed by atoms with Crippen molar-refractivity contribution in [1.29, 1.82) is 0 Å². The molecule has 3 amide bonds. The van der Waals surface area contributed by atoms with Crippen LogP contribution in [0.5, 0.6) is 0 Å². The zero-order valence-corrected chi connectivity index (χ0v) is 17.7. The van der Waals surface area contributed by atoms with Gasteiger partial charge in [-0.25, -0.2) is 4.79 Å². The molecule has 1 aromatic heterocycles. The summed E-state index contributed by atoms with van der Waals surface area (Å²) in [7, 11) is 0. The zero-order valence-electron chi connectivity index (χ0n) is 17.7. The molecule has 164 valence electrons. The molecule has 1 atom stereocenters. The molecule has 3 aromatic rings. The fraction of sp³-hybridized carbons (Fsp3) is 0.333. The van der Waals surface area contributed by atoms with Crippen LogP contribution in [0.15, 0.2) is 60.8 Å². The maximum absolute atomic E-state index is 12.9. The molecule has 0 saturated heterocycles. The average Bonchev–Trinajstić information content (AvgIpc) is 3.20. The van der Waals surface area contributed by atoms with Crippen LogP contribution in [0.3, 0.4) is 0 Å². The summed E-state index contributed by atoms with van der Waals surface area (Å²) in [6, 6.07) is 16.5. The Morgan fingerprint density at radius 3 is 2.52 bits per heavy atom. The molecule has 0 aliphatic rings. The van der Waals surface area contributed by atoms with Crippen molar-refractivity contribution in [2.45, 2.75) is 38.3 Å². The lowest BCUT2D eigenvalue weighted by Crippen LogP contribution is -2.51. The Morgan fingerprint density at radius 1 is 0.935 bits per heavy atom. The number of carbonyl (C=O) groups excluding carboxylic acids is 2. The first-order valence-corrected chi connectivity index (χ1v) is 10.8. The van der Waals surface area contributed by atoms with Gasteiger partial charge in [0.2, 0.25) is 5.91 Å².